The van der Waals surface area contributed by atoms with Gasteiger partial charge in [0, 0.05) is 37.9 Å². The maximum atomic E-state index is 12.1. The molecule has 0 spiro atoms. The Bertz CT molecular complexity index is 896. The van der Waals surface area contributed by atoms with Crippen molar-refractivity contribution >= 4 is 17.8 Å². The van der Waals surface area contributed by atoms with E-state index in [4.69, 9.17) is 9.47 Å². The van der Waals surface area contributed by atoms with Crippen LogP contribution in [0.25, 0.3) is 11.3 Å². The van der Waals surface area contributed by atoms with Crippen LogP contribution in [0.4, 0.5) is 5.95 Å². The largest absolute Gasteiger partial charge is 0.469 e. The van der Waals surface area contributed by atoms with Crippen molar-refractivity contribution in [3.8, 4) is 22.8 Å². The SMILES string of the molecule is COC(=O)CC(=O)N1CCN(c2nccc(-c3ccc4c(c3)OCO4)n2)CC1. The summed E-state index contributed by atoms with van der Waals surface area (Å²) in [5.74, 6) is 1.30. The van der Waals surface area contributed by atoms with Gasteiger partial charge in [0.1, 0.15) is 6.42 Å². The molecule has 1 aromatic carbocycles. The zero-order chi connectivity index (χ0) is 19.5. The fourth-order valence-corrected chi connectivity index (χ4v) is 3.18. The Morgan fingerprint density at radius 2 is 1.89 bits per heavy atom. The number of hydrogen-bond donors (Lipinski definition) is 0. The van der Waals surface area contributed by atoms with Crippen LogP contribution in [-0.4, -0.2) is 66.8 Å². The number of anilines is 1. The van der Waals surface area contributed by atoms with Gasteiger partial charge < -0.3 is 24.0 Å². The number of hydrogen-bond acceptors (Lipinski definition) is 8. The van der Waals surface area contributed by atoms with Crippen LogP contribution in [-0.2, 0) is 14.3 Å². The zero-order valence-corrected chi connectivity index (χ0v) is 15.5. The van der Waals surface area contributed by atoms with Crippen LogP contribution in [0.1, 0.15) is 6.42 Å². The van der Waals surface area contributed by atoms with Gasteiger partial charge in [0.2, 0.25) is 18.6 Å². The summed E-state index contributed by atoms with van der Waals surface area (Å²) in [4.78, 5) is 36.1. The van der Waals surface area contributed by atoms with E-state index in [0.29, 0.717) is 37.9 Å². The summed E-state index contributed by atoms with van der Waals surface area (Å²) in [6.45, 7) is 2.43. The van der Waals surface area contributed by atoms with E-state index in [1.165, 1.54) is 7.11 Å². The first-order valence-corrected chi connectivity index (χ1v) is 8.96. The quantitative estimate of drug-likeness (QED) is 0.571. The predicted molar refractivity (Wildman–Crippen MR) is 99.0 cm³/mol. The van der Waals surface area contributed by atoms with Gasteiger partial charge >= 0.3 is 5.97 Å². The number of benzene rings is 1. The van der Waals surface area contributed by atoms with Crippen LogP contribution in [0.5, 0.6) is 11.5 Å². The second-order valence-electron chi connectivity index (χ2n) is 6.43. The summed E-state index contributed by atoms with van der Waals surface area (Å²) >= 11 is 0. The monoisotopic (exact) mass is 384 g/mol. The average Bonchev–Trinajstić information content (AvgIpc) is 3.21. The van der Waals surface area contributed by atoms with Crippen molar-refractivity contribution in [2.75, 3.05) is 45.0 Å². The van der Waals surface area contributed by atoms with Gasteiger partial charge in [0.25, 0.3) is 0 Å². The molecule has 1 aromatic heterocycles. The van der Waals surface area contributed by atoms with Crippen molar-refractivity contribution < 1.29 is 23.8 Å². The molecule has 0 saturated carbocycles. The Morgan fingerprint density at radius 1 is 1.11 bits per heavy atom. The molecule has 0 N–H and O–H groups in total. The van der Waals surface area contributed by atoms with E-state index in [9.17, 15) is 9.59 Å². The molecule has 3 heterocycles. The molecule has 1 saturated heterocycles. The smallest absolute Gasteiger partial charge is 0.315 e. The average molecular weight is 384 g/mol. The number of nitrogens with zero attached hydrogens (tertiary/aromatic N) is 4. The second kappa shape index (κ2) is 7.71. The third-order valence-corrected chi connectivity index (χ3v) is 4.75. The molecule has 0 atom stereocenters. The maximum Gasteiger partial charge on any atom is 0.315 e. The summed E-state index contributed by atoms with van der Waals surface area (Å²) in [6.07, 6.45) is 1.49. The Kier molecular flexibility index (Phi) is 4.96. The fourth-order valence-electron chi connectivity index (χ4n) is 3.18. The lowest BCUT2D eigenvalue weighted by molar-refractivity contribution is -0.146. The molecule has 2 aliphatic heterocycles. The van der Waals surface area contributed by atoms with Gasteiger partial charge in [-0.05, 0) is 24.3 Å². The Morgan fingerprint density at radius 3 is 2.68 bits per heavy atom. The normalized spacial score (nSPS) is 15.5. The van der Waals surface area contributed by atoms with Crippen molar-refractivity contribution in [3.05, 3.63) is 30.5 Å². The van der Waals surface area contributed by atoms with E-state index in [1.807, 2.05) is 29.2 Å². The maximum absolute atomic E-state index is 12.1. The van der Waals surface area contributed by atoms with Crippen LogP contribution >= 0.6 is 0 Å². The summed E-state index contributed by atoms with van der Waals surface area (Å²) in [5, 5.41) is 0. The van der Waals surface area contributed by atoms with E-state index < -0.39 is 5.97 Å². The first-order chi connectivity index (χ1) is 13.6. The molecule has 1 amide bonds. The molecule has 2 aromatic rings. The van der Waals surface area contributed by atoms with E-state index in [-0.39, 0.29) is 19.1 Å². The van der Waals surface area contributed by atoms with Crippen molar-refractivity contribution in [2.24, 2.45) is 0 Å². The molecular formula is C19H20N4O5. The zero-order valence-electron chi connectivity index (χ0n) is 15.5. The Labute approximate surface area is 161 Å². The fraction of sp³-hybridized carbons (Fsp3) is 0.368. The number of carbonyl (C=O) groups excluding carboxylic acids is 2. The lowest BCUT2D eigenvalue weighted by Gasteiger charge is -2.34. The first kappa shape index (κ1) is 18.0. The summed E-state index contributed by atoms with van der Waals surface area (Å²) in [7, 11) is 1.28. The molecule has 146 valence electrons. The van der Waals surface area contributed by atoms with Crippen LogP contribution in [0.15, 0.2) is 30.5 Å². The number of ether oxygens (including phenoxy) is 3. The second-order valence-corrected chi connectivity index (χ2v) is 6.43. The summed E-state index contributed by atoms with van der Waals surface area (Å²) in [6, 6.07) is 7.54. The third-order valence-electron chi connectivity index (χ3n) is 4.75. The van der Waals surface area contributed by atoms with Gasteiger partial charge in [0.05, 0.1) is 12.8 Å². The summed E-state index contributed by atoms with van der Waals surface area (Å²) < 4.78 is 15.3. The lowest BCUT2D eigenvalue weighted by atomic mass is 10.1. The molecule has 0 unspecified atom stereocenters. The minimum absolute atomic E-state index is 0.221. The molecule has 0 radical (unpaired) electrons. The number of methoxy groups -OCH3 is 1. The van der Waals surface area contributed by atoms with Crippen molar-refractivity contribution in [2.45, 2.75) is 6.42 Å². The molecule has 2 aliphatic rings. The van der Waals surface area contributed by atoms with Crippen LogP contribution < -0.4 is 14.4 Å². The van der Waals surface area contributed by atoms with Crippen LogP contribution in [0.3, 0.4) is 0 Å². The molecule has 9 heteroatoms. The highest BCUT2D eigenvalue weighted by Crippen LogP contribution is 2.35. The van der Waals surface area contributed by atoms with E-state index in [2.05, 4.69) is 14.7 Å². The molecule has 0 bridgehead atoms. The third kappa shape index (κ3) is 3.68. The highest BCUT2D eigenvalue weighted by Gasteiger charge is 2.24. The number of aromatic nitrogens is 2. The lowest BCUT2D eigenvalue weighted by Crippen LogP contribution is -2.49. The highest BCUT2D eigenvalue weighted by atomic mass is 16.7. The number of rotatable bonds is 4. The first-order valence-electron chi connectivity index (χ1n) is 8.96. The molecule has 28 heavy (non-hydrogen) atoms. The number of carbonyl (C=O) groups is 2. The molecule has 0 aliphatic carbocycles. The molecular weight excluding hydrogens is 364 g/mol. The van der Waals surface area contributed by atoms with Gasteiger partial charge in [-0.3, -0.25) is 9.59 Å². The van der Waals surface area contributed by atoms with Gasteiger partial charge in [-0.25, -0.2) is 9.97 Å². The van der Waals surface area contributed by atoms with Gasteiger partial charge in [-0.2, -0.15) is 0 Å². The number of piperazine rings is 1. The van der Waals surface area contributed by atoms with Crippen molar-refractivity contribution in [1.29, 1.82) is 0 Å². The van der Waals surface area contributed by atoms with Gasteiger partial charge in [0.15, 0.2) is 11.5 Å². The minimum Gasteiger partial charge on any atom is -0.469 e. The molecule has 4 rings (SSSR count). The highest BCUT2D eigenvalue weighted by molar-refractivity contribution is 5.94. The number of fused-ring (bicyclic) bond motifs is 1. The van der Waals surface area contributed by atoms with E-state index in [0.717, 1.165) is 17.0 Å². The van der Waals surface area contributed by atoms with Crippen LogP contribution in [0.2, 0.25) is 0 Å². The topological polar surface area (TPSA) is 94.1 Å². The van der Waals surface area contributed by atoms with E-state index in [1.54, 1.807) is 11.1 Å². The van der Waals surface area contributed by atoms with Gasteiger partial charge in [-0.1, -0.05) is 0 Å². The predicted octanol–water partition coefficient (Wildman–Crippen LogP) is 1.08. The number of amides is 1. The Hall–Kier alpha value is -3.36. The van der Waals surface area contributed by atoms with Crippen molar-refractivity contribution in [3.63, 3.8) is 0 Å². The standard InChI is InChI=1S/C19H20N4O5/c1-26-18(25)11-17(24)22-6-8-23(9-7-22)19-20-5-4-14(21-19)13-2-3-15-16(10-13)28-12-27-15/h2-5,10H,6-9,11-12H2,1H3. The van der Waals surface area contributed by atoms with Crippen molar-refractivity contribution in [1.82, 2.24) is 14.9 Å². The number of esters is 1. The van der Waals surface area contributed by atoms with Crippen LogP contribution in [0, 0.1) is 0 Å². The molecule has 1 fully saturated rings. The molecule has 9 nitrogen and oxygen atoms in total. The van der Waals surface area contributed by atoms with E-state index >= 15 is 0 Å². The van der Waals surface area contributed by atoms with Gasteiger partial charge in [-0.15, -0.1) is 0 Å². The Balaban J connectivity index is 1.43. The summed E-state index contributed by atoms with van der Waals surface area (Å²) in [5.41, 5.74) is 1.70. The minimum atomic E-state index is -0.521.